The van der Waals surface area contributed by atoms with Crippen molar-refractivity contribution < 1.29 is 27.9 Å². The van der Waals surface area contributed by atoms with Crippen molar-refractivity contribution in [1.29, 1.82) is 0 Å². The third-order valence-corrected chi connectivity index (χ3v) is 3.89. The first-order valence-corrected chi connectivity index (χ1v) is 9.13. The van der Waals surface area contributed by atoms with Gasteiger partial charge in [0.15, 0.2) is 10.0 Å². The van der Waals surface area contributed by atoms with Gasteiger partial charge in [0.1, 0.15) is 0 Å². The molecule has 22 heavy (non-hydrogen) atoms. The van der Waals surface area contributed by atoms with Crippen molar-refractivity contribution in [2.45, 2.75) is 52.5 Å². The van der Waals surface area contributed by atoms with Gasteiger partial charge < -0.3 is 10.5 Å². The van der Waals surface area contributed by atoms with Crippen molar-refractivity contribution in [3.63, 3.8) is 0 Å². The predicted molar refractivity (Wildman–Crippen MR) is 87.2 cm³/mol. The SMILES string of the molecule is CS(=O)(=O)N[C-]1CCCCC1N.Cc1[c-]c(C)cc(C)c1.[Ru+2]. The molecule has 1 aliphatic rings. The molecule has 6 heteroatoms. The maximum Gasteiger partial charge on any atom is 2.00 e. The van der Waals surface area contributed by atoms with Crippen LogP contribution in [0.4, 0.5) is 0 Å². The van der Waals surface area contributed by atoms with Crippen molar-refractivity contribution in [3.05, 3.63) is 40.9 Å². The summed E-state index contributed by atoms with van der Waals surface area (Å²) in [6.07, 6.45) is 4.95. The van der Waals surface area contributed by atoms with Gasteiger partial charge in [-0.2, -0.15) is 41.3 Å². The number of nitrogens with one attached hydrogen (secondary N) is 1. The summed E-state index contributed by atoms with van der Waals surface area (Å²) in [5.74, 6) is 0. The minimum absolute atomic E-state index is 0. The van der Waals surface area contributed by atoms with Gasteiger partial charge >= 0.3 is 19.5 Å². The molecule has 0 heterocycles. The Hall–Kier alpha value is -0.287. The van der Waals surface area contributed by atoms with E-state index in [1.165, 1.54) is 16.7 Å². The molecule has 0 aliphatic heterocycles. The maximum absolute atomic E-state index is 10.9. The van der Waals surface area contributed by atoms with Crippen molar-refractivity contribution in [1.82, 2.24) is 4.72 Å². The summed E-state index contributed by atoms with van der Waals surface area (Å²) in [4.78, 5) is 0. The van der Waals surface area contributed by atoms with E-state index < -0.39 is 10.0 Å². The van der Waals surface area contributed by atoms with Crippen molar-refractivity contribution in [3.8, 4) is 0 Å². The molecular weight excluding hydrogens is 385 g/mol. The summed E-state index contributed by atoms with van der Waals surface area (Å²) < 4.78 is 24.2. The van der Waals surface area contributed by atoms with Gasteiger partial charge in [0.2, 0.25) is 0 Å². The molecule has 1 aliphatic carbocycles. The van der Waals surface area contributed by atoms with Gasteiger partial charge in [-0.15, -0.1) is 6.04 Å². The quantitative estimate of drug-likeness (QED) is 0.580. The van der Waals surface area contributed by atoms with E-state index in [4.69, 9.17) is 5.73 Å². The van der Waals surface area contributed by atoms with Crippen LogP contribution in [0.15, 0.2) is 12.1 Å². The Labute approximate surface area is 148 Å². The van der Waals surface area contributed by atoms with E-state index in [1.807, 2.05) is 0 Å². The Morgan fingerprint density at radius 2 is 1.77 bits per heavy atom. The van der Waals surface area contributed by atoms with Crippen LogP contribution in [0.2, 0.25) is 0 Å². The number of aryl methyl sites for hydroxylation is 3. The van der Waals surface area contributed by atoms with Crippen LogP contribution in [-0.4, -0.2) is 20.7 Å². The first-order valence-electron chi connectivity index (χ1n) is 7.23. The summed E-state index contributed by atoms with van der Waals surface area (Å²) in [6.45, 7) is 6.24. The van der Waals surface area contributed by atoms with E-state index in [1.54, 1.807) is 0 Å². The van der Waals surface area contributed by atoms with Crippen LogP contribution in [0.3, 0.4) is 0 Å². The van der Waals surface area contributed by atoms with E-state index in [2.05, 4.69) is 43.7 Å². The van der Waals surface area contributed by atoms with Crippen LogP contribution >= 0.6 is 0 Å². The van der Waals surface area contributed by atoms with Crippen LogP contribution in [0.5, 0.6) is 0 Å². The molecule has 0 saturated heterocycles. The maximum atomic E-state index is 10.9. The van der Waals surface area contributed by atoms with Crippen molar-refractivity contribution in [2.24, 2.45) is 5.73 Å². The van der Waals surface area contributed by atoms with Crippen LogP contribution in [0.25, 0.3) is 0 Å². The molecule has 0 aromatic heterocycles. The van der Waals surface area contributed by atoms with Gasteiger partial charge in [-0.3, -0.25) is 0 Å². The predicted octanol–water partition coefficient (Wildman–Crippen LogP) is 2.38. The fraction of sp³-hybridized carbons (Fsp3) is 0.562. The Bertz CT molecular complexity index is 511. The summed E-state index contributed by atoms with van der Waals surface area (Å²) in [6, 6.07) is 8.15. The van der Waals surface area contributed by atoms with Gasteiger partial charge in [0.05, 0.1) is 6.26 Å². The van der Waals surface area contributed by atoms with E-state index >= 15 is 0 Å². The Morgan fingerprint density at radius 1 is 1.23 bits per heavy atom. The molecule has 3 N–H and O–H groups in total. The average molecular weight is 412 g/mol. The molecule has 1 atom stereocenters. The molecular formula is C16H26N2O2RuS. The van der Waals surface area contributed by atoms with Gasteiger partial charge in [0.25, 0.3) is 0 Å². The third-order valence-electron chi connectivity index (χ3n) is 3.26. The largest absolute Gasteiger partial charge is 2.00 e. The van der Waals surface area contributed by atoms with Crippen molar-refractivity contribution in [2.75, 3.05) is 6.26 Å². The zero-order chi connectivity index (χ0) is 16.0. The molecule has 1 fully saturated rings. The van der Waals surface area contributed by atoms with Crippen LogP contribution in [-0.2, 0) is 29.5 Å². The molecule has 1 aromatic rings. The molecule has 4 nitrogen and oxygen atoms in total. The first-order chi connectivity index (χ1) is 9.67. The number of sulfonamides is 1. The van der Waals surface area contributed by atoms with Gasteiger partial charge in [-0.25, -0.2) is 14.5 Å². The molecule has 1 aromatic carbocycles. The average Bonchev–Trinajstić information content (AvgIpc) is 2.29. The topological polar surface area (TPSA) is 72.2 Å². The summed E-state index contributed by atoms with van der Waals surface area (Å²) >= 11 is 0. The normalized spacial score (nSPS) is 18.9. The van der Waals surface area contributed by atoms with Crippen LogP contribution < -0.4 is 10.5 Å². The minimum atomic E-state index is -3.12. The molecule has 0 amide bonds. The van der Waals surface area contributed by atoms with E-state index in [0.29, 0.717) is 0 Å². The van der Waals surface area contributed by atoms with E-state index in [0.717, 1.165) is 38.0 Å². The zero-order valence-corrected chi connectivity index (χ0v) is 16.3. The monoisotopic (exact) mass is 412 g/mol. The number of benzene rings is 1. The van der Waals surface area contributed by atoms with Gasteiger partial charge in [-0.1, -0.05) is 40.0 Å². The molecule has 1 saturated carbocycles. The van der Waals surface area contributed by atoms with Crippen LogP contribution in [0.1, 0.15) is 42.4 Å². The zero-order valence-electron chi connectivity index (χ0n) is 13.7. The van der Waals surface area contributed by atoms with E-state index in [-0.39, 0.29) is 25.5 Å². The number of rotatable bonds is 2. The fourth-order valence-electron chi connectivity index (χ4n) is 2.51. The molecule has 126 valence electrons. The minimum Gasteiger partial charge on any atom is -0.361 e. The number of hydrogen-bond acceptors (Lipinski definition) is 3. The Morgan fingerprint density at radius 3 is 2.18 bits per heavy atom. The Kier molecular flexibility index (Phi) is 9.64. The number of hydrogen-bond donors (Lipinski definition) is 2. The standard InChI is InChI=1S/C9H11.C7H15N2O2S.Ru/c1-7-4-8(2)6-9(3)5-7;1-12(10,11)9-7-5-3-2-4-6(7)8;/h4-5H,1-3H3;6,9H,2-5,8H2,1H3;/q2*-1;+2. The number of nitrogens with two attached hydrogens (primary N) is 1. The molecule has 0 radical (unpaired) electrons. The summed E-state index contributed by atoms with van der Waals surface area (Å²) in [7, 11) is -3.12. The van der Waals surface area contributed by atoms with E-state index in [9.17, 15) is 8.42 Å². The van der Waals surface area contributed by atoms with Crippen molar-refractivity contribution >= 4 is 10.0 Å². The molecule has 2 rings (SSSR count). The molecule has 1 unspecified atom stereocenters. The van der Waals surface area contributed by atoms with Crippen LogP contribution in [0, 0.1) is 32.9 Å². The van der Waals surface area contributed by atoms with Gasteiger partial charge in [-0.05, 0) is 0 Å². The van der Waals surface area contributed by atoms with Gasteiger partial charge in [0, 0.05) is 0 Å². The first kappa shape index (κ1) is 21.7. The summed E-state index contributed by atoms with van der Waals surface area (Å²) in [5, 5.41) is 0. The molecule has 0 bridgehead atoms. The molecule has 0 spiro atoms. The second-order valence-corrected chi connectivity index (χ2v) is 7.52. The Balaban J connectivity index is 0.000000397. The third kappa shape index (κ3) is 8.99. The smallest absolute Gasteiger partial charge is 0.361 e. The fourth-order valence-corrected chi connectivity index (χ4v) is 3.24. The summed E-state index contributed by atoms with van der Waals surface area (Å²) in [5.41, 5.74) is 9.50. The second-order valence-electron chi connectivity index (χ2n) is 5.78. The second kappa shape index (κ2) is 9.76.